The number of Topliss-reactive ketones (excluding diaryl/α,β-unsaturated/α-hetero) is 1. The average Bonchev–Trinajstić information content (AvgIpc) is 2.83. The highest BCUT2D eigenvalue weighted by Gasteiger charge is 2.20. The summed E-state index contributed by atoms with van der Waals surface area (Å²) in [5, 5.41) is 0. The molecule has 2 aromatic rings. The lowest BCUT2D eigenvalue weighted by Gasteiger charge is -2.25. The third-order valence-corrected chi connectivity index (χ3v) is 4.27. The highest BCUT2D eigenvalue weighted by atomic mass is 19.1. The topological polar surface area (TPSA) is 34.5 Å². The Morgan fingerprint density at radius 1 is 1.22 bits per heavy atom. The molecule has 1 fully saturated rings. The predicted octanol–water partition coefficient (Wildman–Crippen LogP) is 2.75. The number of aromatic nitrogens is 1. The molecule has 0 amide bonds. The van der Waals surface area contributed by atoms with Gasteiger partial charge in [-0.3, -0.25) is 9.69 Å². The average molecular weight is 316 g/mol. The highest BCUT2D eigenvalue weighted by Crippen LogP contribution is 2.22. The maximum Gasteiger partial charge on any atom is 0.178 e. The third kappa shape index (κ3) is 3.35. The number of aryl methyl sites for hydroxylation is 1. The second-order valence-electron chi connectivity index (χ2n) is 5.91. The van der Waals surface area contributed by atoms with Crippen molar-refractivity contribution in [3.63, 3.8) is 0 Å². The zero-order chi connectivity index (χ0) is 16.4. The molecule has 1 aliphatic rings. The van der Waals surface area contributed by atoms with Gasteiger partial charge in [0.25, 0.3) is 0 Å². The van der Waals surface area contributed by atoms with Gasteiger partial charge in [-0.05, 0) is 38.1 Å². The normalized spacial score (nSPS) is 15.8. The Morgan fingerprint density at radius 2 is 1.96 bits per heavy atom. The molecule has 1 aromatic carbocycles. The first-order valence-electron chi connectivity index (χ1n) is 7.84. The van der Waals surface area contributed by atoms with Gasteiger partial charge in [-0.25, -0.2) is 4.39 Å². The van der Waals surface area contributed by atoms with Crippen LogP contribution in [0, 0.1) is 19.7 Å². The Balaban J connectivity index is 1.86. The van der Waals surface area contributed by atoms with Gasteiger partial charge in [-0.2, -0.15) is 0 Å². The Bertz CT molecular complexity index is 718. The fourth-order valence-electron chi connectivity index (χ4n) is 3.11. The molecular weight excluding hydrogens is 295 g/mol. The van der Waals surface area contributed by atoms with Crippen molar-refractivity contribution in [2.75, 3.05) is 32.8 Å². The summed E-state index contributed by atoms with van der Waals surface area (Å²) < 4.78 is 20.7. The monoisotopic (exact) mass is 316 g/mol. The predicted molar refractivity (Wildman–Crippen MR) is 86.8 cm³/mol. The van der Waals surface area contributed by atoms with Gasteiger partial charge in [-0.15, -0.1) is 0 Å². The first-order valence-corrected chi connectivity index (χ1v) is 7.84. The molecule has 0 aliphatic carbocycles. The largest absolute Gasteiger partial charge is 0.379 e. The molecule has 23 heavy (non-hydrogen) atoms. The molecule has 122 valence electrons. The standard InChI is InChI=1S/C18H21FN2O2/c1-13-10-17(18(22)12-20-6-8-23-9-7-20)14(2)21(13)16-5-3-4-15(19)11-16/h3-5,10-11H,6-9,12H2,1-2H3. The Kier molecular flexibility index (Phi) is 4.59. The summed E-state index contributed by atoms with van der Waals surface area (Å²) in [7, 11) is 0. The molecule has 5 heteroatoms. The number of carbonyl (C=O) groups excluding carboxylic acids is 1. The lowest BCUT2D eigenvalue weighted by Crippen LogP contribution is -2.39. The maximum absolute atomic E-state index is 13.5. The molecule has 0 N–H and O–H groups in total. The van der Waals surface area contributed by atoms with E-state index in [9.17, 15) is 9.18 Å². The number of carbonyl (C=O) groups is 1. The molecule has 3 rings (SSSR count). The van der Waals surface area contributed by atoms with E-state index in [-0.39, 0.29) is 11.6 Å². The van der Waals surface area contributed by atoms with Crippen molar-refractivity contribution in [3.8, 4) is 5.69 Å². The van der Waals surface area contributed by atoms with Crippen molar-refractivity contribution in [2.45, 2.75) is 13.8 Å². The van der Waals surface area contributed by atoms with Crippen LogP contribution in [0.5, 0.6) is 0 Å². The Labute approximate surface area is 135 Å². The van der Waals surface area contributed by atoms with Crippen LogP contribution in [-0.2, 0) is 4.74 Å². The number of nitrogens with zero attached hydrogens (tertiary/aromatic N) is 2. The number of halogens is 1. The number of hydrogen-bond acceptors (Lipinski definition) is 3. The minimum atomic E-state index is -0.281. The first-order chi connectivity index (χ1) is 11.1. The van der Waals surface area contributed by atoms with Crippen LogP contribution in [0.3, 0.4) is 0 Å². The number of rotatable bonds is 4. The zero-order valence-corrected chi connectivity index (χ0v) is 13.5. The molecule has 0 saturated carbocycles. The van der Waals surface area contributed by atoms with Crippen LogP contribution in [0.1, 0.15) is 21.7 Å². The number of morpholine rings is 1. The van der Waals surface area contributed by atoms with Gasteiger partial charge in [0.2, 0.25) is 0 Å². The van der Waals surface area contributed by atoms with Crippen LogP contribution in [0.15, 0.2) is 30.3 Å². The fourth-order valence-corrected chi connectivity index (χ4v) is 3.11. The van der Waals surface area contributed by atoms with E-state index in [2.05, 4.69) is 4.90 Å². The van der Waals surface area contributed by atoms with Gasteiger partial charge in [0.05, 0.1) is 19.8 Å². The Morgan fingerprint density at radius 3 is 2.65 bits per heavy atom. The SMILES string of the molecule is Cc1cc(C(=O)CN2CCOCC2)c(C)n1-c1cccc(F)c1. The van der Waals surface area contributed by atoms with Crippen molar-refractivity contribution in [1.29, 1.82) is 0 Å². The van der Waals surface area contributed by atoms with E-state index in [0.717, 1.165) is 30.2 Å². The van der Waals surface area contributed by atoms with Crippen molar-refractivity contribution >= 4 is 5.78 Å². The number of hydrogen-bond donors (Lipinski definition) is 0. The molecule has 4 nitrogen and oxygen atoms in total. The summed E-state index contributed by atoms with van der Waals surface area (Å²) in [4.78, 5) is 14.7. The summed E-state index contributed by atoms with van der Waals surface area (Å²) in [6.07, 6.45) is 0. The van der Waals surface area contributed by atoms with Crippen molar-refractivity contribution in [3.05, 3.63) is 53.1 Å². The van der Waals surface area contributed by atoms with E-state index in [1.165, 1.54) is 12.1 Å². The van der Waals surface area contributed by atoms with Gasteiger partial charge < -0.3 is 9.30 Å². The van der Waals surface area contributed by atoms with Gasteiger partial charge >= 0.3 is 0 Å². The van der Waals surface area contributed by atoms with Crippen LogP contribution >= 0.6 is 0 Å². The summed E-state index contributed by atoms with van der Waals surface area (Å²) in [5.74, 6) is -0.182. The molecule has 1 aliphatic heterocycles. The molecular formula is C18H21FN2O2. The Hall–Kier alpha value is -1.98. The van der Waals surface area contributed by atoms with Crippen molar-refractivity contribution < 1.29 is 13.9 Å². The van der Waals surface area contributed by atoms with E-state index in [1.54, 1.807) is 6.07 Å². The lowest BCUT2D eigenvalue weighted by molar-refractivity contribution is 0.0371. The maximum atomic E-state index is 13.5. The molecule has 1 saturated heterocycles. The third-order valence-electron chi connectivity index (χ3n) is 4.27. The zero-order valence-electron chi connectivity index (χ0n) is 13.5. The summed E-state index contributed by atoms with van der Waals surface area (Å²) in [6.45, 7) is 7.17. The van der Waals surface area contributed by atoms with Crippen LogP contribution in [-0.4, -0.2) is 48.1 Å². The van der Waals surface area contributed by atoms with Gasteiger partial charge in [0.15, 0.2) is 5.78 Å². The molecule has 1 aromatic heterocycles. The summed E-state index contributed by atoms with van der Waals surface area (Å²) >= 11 is 0. The van der Waals surface area contributed by atoms with E-state index in [0.29, 0.717) is 25.3 Å². The second-order valence-corrected chi connectivity index (χ2v) is 5.91. The summed E-state index contributed by atoms with van der Waals surface area (Å²) in [6, 6.07) is 8.32. The van der Waals surface area contributed by atoms with Crippen molar-refractivity contribution in [2.24, 2.45) is 0 Å². The molecule has 2 heterocycles. The summed E-state index contributed by atoms with van der Waals surface area (Å²) in [5.41, 5.74) is 3.23. The quantitative estimate of drug-likeness (QED) is 0.814. The van der Waals surface area contributed by atoms with Gasteiger partial charge in [0, 0.05) is 35.7 Å². The minimum Gasteiger partial charge on any atom is -0.379 e. The number of benzene rings is 1. The van der Waals surface area contributed by atoms with E-state index in [1.807, 2.05) is 30.5 Å². The lowest BCUT2D eigenvalue weighted by atomic mass is 10.1. The number of ketones is 1. The highest BCUT2D eigenvalue weighted by molar-refractivity contribution is 5.99. The van der Waals surface area contributed by atoms with Crippen molar-refractivity contribution in [1.82, 2.24) is 9.47 Å². The van der Waals surface area contributed by atoms with Crippen LogP contribution in [0.4, 0.5) is 4.39 Å². The fraction of sp³-hybridized carbons (Fsp3) is 0.389. The van der Waals surface area contributed by atoms with Gasteiger partial charge in [0.1, 0.15) is 5.82 Å². The molecule has 0 atom stereocenters. The van der Waals surface area contributed by atoms with Gasteiger partial charge in [-0.1, -0.05) is 6.07 Å². The molecule has 0 spiro atoms. The molecule has 0 bridgehead atoms. The smallest absolute Gasteiger partial charge is 0.178 e. The van der Waals surface area contributed by atoms with E-state index >= 15 is 0 Å². The van der Waals surface area contributed by atoms with E-state index in [4.69, 9.17) is 4.74 Å². The van der Waals surface area contributed by atoms with Crippen LogP contribution in [0.2, 0.25) is 0 Å². The number of ether oxygens (including phenoxy) is 1. The van der Waals surface area contributed by atoms with Crippen LogP contribution in [0.25, 0.3) is 5.69 Å². The first kappa shape index (κ1) is 15.9. The van der Waals surface area contributed by atoms with E-state index < -0.39 is 0 Å². The molecule has 0 radical (unpaired) electrons. The second kappa shape index (κ2) is 6.64. The minimum absolute atomic E-state index is 0.0997. The van der Waals surface area contributed by atoms with Crippen LogP contribution < -0.4 is 0 Å². The molecule has 0 unspecified atom stereocenters.